The van der Waals surface area contributed by atoms with Crippen molar-refractivity contribution in [1.82, 2.24) is 25.0 Å². The molecule has 7 heteroatoms. The smallest absolute Gasteiger partial charge is 0.142 e. The van der Waals surface area contributed by atoms with Crippen LogP contribution in [0.2, 0.25) is 5.02 Å². The molecule has 6 nitrogen and oxygen atoms in total. The number of hydrogen-bond donors (Lipinski definition) is 1. The molecule has 0 fully saturated rings. The first kappa shape index (κ1) is 17.0. The average Bonchev–Trinajstić information content (AvgIpc) is 3.34. The van der Waals surface area contributed by atoms with Gasteiger partial charge >= 0.3 is 0 Å². The van der Waals surface area contributed by atoms with E-state index in [1.807, 2.05) is 31.5 Å². The van der Waals surface area contributed by atoms with E-state index in [9.17, 15) is 0 Å². The lowest BCUT2D eigenvalue weighted by Gasteiger charge is -2.27. The Labute approximate surface area is 167 Å². The molecular weight excluding hydrogens is 372 g/mol. The highest BCUT2D eigenvalue weighted by Crippen LogP contribution is 2.40. The fourth-order valence-electron chi connectivity index (χ4n) is 3.83. The van der Waals surface area contributed by atoms with Crippen molar-refractivity contribution in [3.63, 3.8) is 0 Å². The number of nitrogens with zero attached hydrogens (tertiary/aromatic N) is 5. The van der Waals surface area contributed by atoms with Gasteiger partial charge in [0.25, 0.3) is 0 Å². The van der Waals surface area contributed by atoms with Gasteiger partial charge in [-0.05, 0) is 48.9 Å². The maximum absolute atomic E-state index is 6.13. The molecule has 2 aromatic heterocycles. The number of aryl methyl sites for hydroxylation is 1. The number of H-pyrrole nitrogens is 1. The number of halogens is 1. The third-order valence-corrected chi connectivity index (χ3v) is 5.48. The molecule has 1 N–H and O–H groups in total. The first-order valence-corrected chi connectivity index (χ1v) is 9.58. The second-order valence-corrected chi connectivity index (χ2v) is 7.56. The lowest BCUT2D eigenvalue weighted by molar-refractivity contribution is 0.696. The van der Waals surface area contributed by atoms with Gasteiger partial charge in [-0.25, -0.2) is 0 Å². The van der Waals surface area contributed by atoms with Crippen LogP contribution in [0.15, 0.2) is 54.9 Å². The summed E-state index contributed by atoms with van der Waals surface area (Å²) in [4.78, 5) is 2.33. The summed E-state index contributed by atoms with van der Waals surface area (Å²) in [6, 6.07) is 14.4. The Hall–Kier alpha value is -3.12. The molecule has 0 saturated heterocycles. The Balaban J connectivity index is 1.75. The molecule has 2 aromatic carbocycles. The number of nitrogens with one attached hydrogen (secondary N) is 1. The molecule has 0 unspecified atom stereocenters. The van der Waals surface area contributed by atoms with Crippen molar-refractivity contribution >= 4 is 23.0 Å². The van der Waals surface area contributed by atoms with E-state index >= 15 is 0 Å². The van der Waals surface area contributed by atoms with E-state index in [-0.39, 0.29) is 5.92 Å². The van der Waals surface area contributed by atoms with Crippen LogP contribution in [0.3, 0.4) is 0 Å². The van der Waals surface area contributed by atoms with Crippen molar-refractivity contribution in [3.05, 3.63) is 71.5 Å². The van der Waals surface area contributed by atoms with Gasteiger partial charge in [0, 0.05) is 34.9 Å². The number of fused-ring (bicyclic) bond motifs is 3. The van der Waals surface area contributed by atoms with E-state index in [1.165, 1.54) is 0 Å². The highest BCUT2D eigenvalue weighted by Gasteiger charge is 2.28. The highest BCUT2D eigenvalue weighted by molar-refractivity contribution is 6.30. The molecular formula is C21H19ClN6. The molecule has 4 aromatic rings. The summed E-state index contributed by atoms with van der Waals surface area (Å²) in [5.41, 5.74) is 5.43. The largest absolute Gasteiger partial charge is 0.339 e. The van der Waals surface area contributed by atoms with Gasteiger partial charge in [0.05, 0.1) is 17.6 Å². The topological polar surface area (TPSA) is 62.6 Å². The maximum atomic E-state index is 6.13. The monoisotopic (exact) mass is 390 g/mol. The summed E-state index contributed by atoms with van der Waals surface area (Å²) in [7, 11) is 0. The van der Waals surface area contributed by atoms with Crippen LogP contribution in [-0.4, -0.2) is 31.5 Å². The molecule has 0 bridgehead atoms. The van der Waals surface area contributed by atoms with Crippen LogP contribution < -0.4 is 4.90 Å². The number of benzene rings is 2. The van der Waals surface area contributed by atoms with E-state index in [4.69, 9.17) is 11.6 Å². The number of aromatic amines is 1. The fourth-order valence-corrected chi connectivity index (χ4v) is 3.96. The predicted octanol–water partition coefficient (Wildman–Crippen LogP) is 4.87. The predicted molar refractivity (Wildman–Crippen MR) is 111 cm³/mol. The maximum Gasteiger partial charge on any atom is 0.142 e. The average molecular weight is 391 g/mol. The standard InChI is InChI=1S/C21H19ClN6/c1-13-12-27(18-6-4-17(22)5-7-18)20-9-15(16-10-23-24-11-16)3-8-19(20)28-14(2)25-26-21(13)28/h3-11,13H,12H2,1-2H3,(H,23,24)/t13-/m1/s1. The van der Waals surface area contributed by atoms with E-state index in [1.54, 1.807) is 0 Å². The molecule has 28 heavy (non-hydrogen) atoms. The third-order valence-electron chi connectivity index (χ3n) is 5.22. The summed E-state index contributed by atoms with van der Waals surface area (Å²) >= 11 is 6.13. The molecule has 5 rings (SSSR count). The number of rotatable bonds is 2. The van der Waals surface area contributed by atoms with E-state index in [0.717, 1.165) is 51.4 Å². The van der Waals surface area contributed by atoms with Crippen LogP contribution in [0.25, 0.3) is 16.8 Å². The first-order valence-electron chi connectivity index (χ1n) is 9.20. The highest BCUT2D eigenvalue weighted by atomic mass is 35.5. The zero-order valence-electron chi connectivity index (χ0n) is 15.6. The van der Waals surface area contributed by atoms with Crippen molar-refractivity contribution in [3.8, 4) is 16.8 Å². The van der Waals surface area contributed by atoms with Gasteiger partial charge in [-0.15, -0.1) is 10.2 Å². The zero-order valence-corrected chi connectivity index (χ0v) is 16.4. The van der Waals surface area contributed by atoms with Crippen LogP contribution >= 0.6 is 11.6 Å². The summed E-state index contributed by atoms with van der Waals surface area (Å²) in [6.45, 7) is 4.97. The van der Waals surface area contributed by atoms with Gasteiger partial charge < -0.3 is 4.90 Å². The number of aromatic nitrogens is 5. The molecule has 0 saturated carbocycles. The van der Waals surface area contributed by atoms with Gasteiger partial charge in [-0.2, -0.15) is 5.10 Å². The van der Waals surface area contributed by atoms with Crippen LogP contribution in [-0.2, 0) is 0 Å². The Kier molecular flexibility index (Phi) is 3.94. The molecule has 3 heterocycles. The third kappa shape index (κ3) is 2.68. The molecule has 0 spiro atoms. The molecule has 1 aliphatic heterocycles. The molecule has 1 aliphatic rings. The van der Waals surface area contributed by atoms with Gasteiger partial charge in [-0.3, -0.25) is 9.67 Å². The molecule has 0 aliphatic carbocycles. The molecule has 0 radical (unpaired) electrons. The van der Waals surface area contributed by atoms with Crippen molar-refractivity contribution in [2.24, 2.45) is 0 Å². The second-order valence-electron chi connectivity index (χ2n) is 7.12. The van der Waals surface area contributed by atoms with E-state index in [2.05, 4.69) is 67.1 Å². The van der Waals surface area contributed by atoms with Crippen LogP contribution in [0, 0.1) is 6.92 Å². The molecule has 140 valence electrons. The zero-order chi connectivity index (χ0) is 19.3. The lowest BCUT2D eigenvalue weighted by atomic mass is 10.1. The minimum Gasteiger partial charge on any atom is -0.339 e. The SMILES string of the molecule is Cc1nnc2n1-c1ccc(-c3cn[nH]c3)cc1N(c1ccc(Cl)cc1)C[C@H]2C. The van der Waals surface area contributed by atoms with Gasteiger partial charge in [0.1, 0.15) is 11.6 Å². The molecule has 0 amide bonds. The second kappa shape index (κ2) is 6.49. The quantitative estimate of drug-likeness (QED) is 0.530. The van der Waals surface area contributed by atoms with Crippen molar-refractivity contribution in [1.29, 1.82) is 0 Å². The van der Waals surface area contributed by atoms with Crippen LogP contribution in [0.1, 0.15) is 24.5 Å². The van der Waals surface area contributed by atoms with Gasteiger partial charge in [0.2, 0.25) is 0 Å². The Bertz CT molecular complexity index is 1130. The summed E-state index contributed by atoms with van der Waals surface area (Å²) in [6.07, 6.45) is 3.74. The fraction of sp³-hybridized carbons (Fsp3) is 0.190. The van der Waals surface area contributed by atoms with Gasteiger partial charge in [-0.1, -0.05) is 24.6 Å². The minimum absolute atomic E-state index is 0.210. The number of anilines is 2. The van der Waals surface area contributed by atoms with E-state index < -0.39 is 0 Å². The Morgan fingerprint density at radius 3 is 2.61 bits per heavy atom. The van der Waals surface area contributed by atoms with Crippen LogP contribution in [0.4, 0.5) is 11.4 Å². The summed E-state index contributed by atoms with van der Waals surface area (Å²) in [5.74, 6) is 2.07. The molecule has 1 atom stereocenters. The lowest BCUT2D eigenvalue weighted by Crippen LogP contribution is -2.21. The Morgan fingerprint density at radius 1 is 1.04 bits per heavy atom. The van der Waals surface area contributed by atoms with E-state index in [0.29, 0.717) is 0 Å². The Morgan fingerprint density at radius 2 is 1.86 bits per heavy atom. The van der Waals surface area contributed by atoms with Crippen molar-refractivity contribution in [2.75, 3.05) is 11.4 Å². The number of hydrogen-bond acceptors (Lipinski definition) is 4. The summed E-state index contributed by atoms with van der Waals surface area (Å²) < 4.78 is 2.16. The summed E-state index contributed by atoms with van der Waals surface area (Å²) in [5, 5.41) is 16.5. The minimum atomic E-state index is 0.210. The van der Waals surface area contributed by atoms with Crippen molar-refractivity contribution < 1.29 is 0 Å². The van der Waals surface area contributed by atoms with Gasteiger partial charge in [0.15, 0.2) is 0 Å². The normalized spacial score (nSPS) is 15.8. The van der Waals surface area contributed by atoms with Crippen LogP contribution in [0.5, 0.6) is 0 Å². The first-order chi connectivity index (χ1) is 13.6. The van der Waals surface area contributed by atoms with Crippen molar-refractivity contribution in [2.45, 2.75) is 19.8 Å².